The van der Waals surface area contributed by atoms with E-state index in [0.29, 0.717) is 31.0 Å². The number of hydrogen-bond donors (Lipinski definition) is 1. The summed E-state index contributed by atoms with van der Waals surface area (Å²) in [6.45, 7) is 7.44. The number of ether oxygens (including phenoxy) is 2. The van der Waals surface area contributed by atoms with Crippen molar-refractivity contribution in [1.29, 1.82) is 0 Å². The van der Waals surface area contributed by atoms with Gasteiger partial charge >= 0.3 is 5.97 Å². The number of hydrogen-bond acceptors (Lipinski definition) is 6. The van der Waals surface area contributed by atoms with Crippen molar-refractivity contribution in [1.82, 2.24) is 9.80 Å². The van der Waals surface area contributed by atoms with Gasteiger partial charge in [-0.25, -0.2) is 4.79 Å². The van der Waals surface area contributed by atoms with E-state index in [1.165, 1.54) is 0 Å². The van der Waals surface area contributed by atoms with E-state index in [-0.39, 0.29) is 18.5 Å². The number of amides is 1. The smallest absolute Gasteiger partial charge is 0.338 e. The zero-order chi connectivity index (χ0) is 18.9. The molecule has 1 aromatic carbocycles. The topological polar surface area (TPSA) is 79.3 Å². The Bertz CT molecular complexity index is 590. The van der Waals surface area contributed by atoms with Gasteiger partial charge < -0.3 is 19.5 Å². The van der Waals surface area contributed by atoms with Crippen molar-refractivity contribution in [3.63, 3.8) is 0 Å². The van der Waals surface area contributed by atoms with Crippen molar-refractivity contribution in [3.8, 4) is 5.75 Å². The molecular weight excluding hydrogens is 336 g/mol. The van der Waals surface area contributed by atoms with Crippen LogP contribution in [0.2, 0.25) is 0 Å². The van der Waals surface area contributed by atoms with Gasteiger partial charge in [-0.2, -0.15) is 0 Å². The lowest BCUT2D eigenvalue weighted by molar-refractivity contribution is -0.128. The molecule has 7 heteroatoms. The largest absolute Gasteiger partial charge is 0.491 e. The fraction of sp³-hybridized carbons (Fsp3) is 0.579. The van der Waals surface area contributed by atoms with E-state index in [4.69, 9.17) is 9.47 Å². The minimum Gasteiger partial charge on any atom is -0.491 e. The predicted molar refractivity (Wildman–Crippen MR) is 97.2 cm³/mol. The van der Waals surface area contributed by atoms with Crippen molar-refractivity contribution in [2.45, 2.75) is 26.4 Å². The highest BCUT2D eigenvalue weighted by atomic mass is 16.5. The van der Waals surface area contributed by atoms with Crippen molar-refractivity contribution in [2.75, 3.05) is 45.9 Å². The van der Waals surface area contributed by atoms with Crippen molar-refractivity contribution in [3.05, 3.63) is 29.8 Å². The molecule has 26 heavy (non-hydrogen) atoms. The summed E-state index contributed by atoms with van der Waals surface area (Å²) >= 11 is 0. The zero-order valence-electron chi connectivity index (χ0n) is 15.5. The molecule has 0 saturated carbocycles. The normalized spacial score (nSPS) is 16.7. The van der Waals surface area contributed by atoms with E-state index < -0.39 is 6.10 Å². The van der Waals surface area contributed by atoms with Gasteiger partial charge in [0.1, 0.15) is 18.5 Å². The Balaban J connectivity index is 1.75. The number of esters is 1. The molecule has 1 aliphatic heterocycles. The maximum Gasteiger partial charge on any atom is 0.338 e. The van der Waals surface area contributed by atoms with E-state index in [2.05, 4.69) is 4.90 Å². The molecule has 1 N–H and O–H groups in total. The lowest BCUT2D eigenvalue weighted by Gasteiger charge is -2.23. The molecule has 0 aromatic heterocycles. The fourth-order valence-electron chi connectivity index (χ4n) is 2.91. The molecule has 1 aliphatic rings. The molecule has 144 valence electrons. The van der Waals surface area contributed by atoms with Gasteiger partial charge in [-0.15, -0.1) is 0 Å². The second kappa shape index (κ2) is 10.1. The first-order chi connectivity index (χ1) is 12.5. The van der Waals surface area contributed by atoms with Crippen LogP contribution >= 0.6 is 0 Å². The summed E-state index contributed by atoms with van der Waals surface area (Å²) < 4.78 is 10.5. The molecule has 0 spiro atoms. The van der Waals surface area contributed by atoms with E-state index in [1.54, 1.807) is 38.1 Å². The number of nitrogens with zero attached hydrogens (tertiary/aromatic N) is 2. The maximum absolute atomic E-state index is 11.6. The van der Waals surface area contributed by atoms with Gasteiger partial charge in [-0.1, -0.05) is 0 Å². The predicted octanol–water partition coefficient (Wildman–Crippen LogP) is 1.16. The second-order valence-electron chi connectivity index (χ2n) is 6.37. The molecule has 0 radical (unpaired) electrons. The summed E-state index contributed by atoms with van der Waals surface area (Å²) in [4.78, 5) is 27.0. The van der Waals surface area contributed by atoms with Crippen LogP contribution in [-0.4, -0.2) is 78.8 Å². The van der Waals surface area contributed by atoms with Gasteiger partial charge in [0.25, 0.3) is 0 Å². The third kappa shape index (κ3) is 6.31. The SMILES string of the molecule is CCOC(=O)c1ccc(OC[C@@H](O)CN2CCCN(C(C)=O)CC2)cc1. The lowest BCUT2D eigenvalue weighted by atomic mass is 10.2. The second-order valence-corrected chi connectivity index (χ2v) is 6.37. The van der Waals surface area contributed by atoms with Crippen LogP contribution in [0.25, 0.3) is 0 Å². The van der Waals surface area contributed by atoms with Gasteiger partial charge in [0, 0.05) is 33.1 Å². The van der Waals surface area contributed by atoms with Gasteiger partial charge in [-0.3, -0.25) is 9.69 Å². The minimum absolute atomic E-state index is 0.0991. The van der Waals surface area contributed by atoms with Crippen LogP contribution in [0.5, 0.6) is 5.75 Å². The third-order valence-corrected chi connectivity index (χ3v) is 4.31. The average molecular weight is 364 g/mol. The van der Waals surface area contributed by atoms with E-state index >= 15 is 0 Å². The van der Waals surface area contributed by atoms with Gasteiger partial charge in [0.2, 0.25) is 5.91 Å². The summed E-state index contributed by atoms with van der Waals surface area (Å²) in [7, 11) is 0. The molecule has 7 nitrogen and oxygen atoms in total. The standard InChI is InChI=1S/C19H28N2O5/c1-3-25-19(24)16-5-7-18(8-6-16)26-14-17(23)13-20-9-4-10-21(12-11-20)15(2)22/h5-8,17,23H,3-4,9-14H2,1-2H3/t17-/m0/s1. The van der Waals surface area contributed by atoms with Crippen molar-refractivity contribution < 1.29 is 24.2 Å². The zero-order valence-corrected chi connectivity index (χ0v) is 15.5. The molecule has 1 aromatic rings. The Labute approximate surface area is 154 Å². The third-order valence-electron chi connectivity index (χ3n) is 4.31. The molecule has 2 rings (SSSR count). The Morgan fingerprint density at radius 3 is 2.54 bits per heavy atom. The van der Waals surface area contributed by atoms with Crippen LogP contribution in [0.3, 0.4) is 0 Å². The number of rotatable bonds is 7. The summed E-state index contributed by atoms with van der Waals surface area (Å²) in [5.41, 5.74) is 0.472. The summed E-state index contributed by atoms with van der Waals surface area (Å²) in [5, 5.41) is 10.2. The molecular formula is C19H28N2O5. The van der Waals surface area contributed by atoms with Crippen molar-refractivity contribution >= 4 is 11.9 Å². The first-order valence-corrected chi connectivity index (χ1v) is 9.05. The minimum atomic E-state index is -0.622. The first kappa shape index (κ1) is 20.2. The Morgan fingerprint density at radius 2 is 1.88 bits per heavy atom. The molecule has 0 unspecified atom stereocenters. The van der Waals surface area contributed by atoms with Crippen LogP contribution in [0.4, 0.5) is 0 Å². The number of aliphatic hydroxyl groups excluding tert-OH is 1. The van der Waals surface area contributed by atoms with Crippen LogP contribution in [0.15, 0.2) is 24.3 Å². The fourth-order valence-corrected chi connectivity index (χ4v) is 2.91. The number of carbonyl (C=O) groups excluding carboxylic acids is 2. The Hall–Kier alpha value is -2.12. The molecule has 0 aliphatic carbocycles. The summed E-state index contributed by atoms with van der Waals surface area (Å²) in [6.07, 6.45) is 0.284. The summed E-state index contributed by atoms with van der Waals surface area (Å²) in [5.74, 6) is 0.331. The number of benzene rings is 1. The molecule has 1 atom stereocenters. The number of β-amino-alcohol motifs (C(OH)–C–C–N with tert-alkyl or cyclic N) is 1. The highest BCUT2D eigenvalue weighted by Crippen LogP contribution is 2.14. The Morgan fingerprint density at radius 1 is 1.15 bits per heavy atom. The maximum atomic E-state index is 11.6. The molecule has 1 amide bonds. The highest BCUT2D eigenvalue weighted by Gasteiger charge is 2.19. The average Bonchev–Trinajstić information content (AvgIpc) is 2.86. The van der Waals surface area contributed by atoms with E-state index in [0.717, 1.165) is 26.1 Å². The van der Waals surface area contributed by atoms with Crippen molar-refractivity contribution in [2.24, 2.45) is 0 Å². The molecule has 0 bridgehead atoms. The van der Waals surface area contributed by atoms with Gasteiger partial charge in [-0.05, 0) is 44.2 Å². The molecule has 1 fully saturated rings. The van der Waals surface area contributed by atoms with Gasteiger partial charge in [0.15, 0.2) is 0 Å². The number of aliphatic hydroxyl groups is 1. The van der Waals surface area contributed by atoms with Crippen LogP contribution < -0.4 is 4.74 Å². The van der Waals surface area contributed by atoms with Crippen LogP contribution in [-0.2, 0) is 9.53 Å². The number of carbonyl (C=O) groups is 2. The van der Waals surface area contributed by atoms with E-state index in [9.17, 15) is 14.7 Å². The quantitative estimate of drug-likeness (QED) is 0.732. The van der Waals surface area contributed by atoms with Gasteiger partial charge in [0.05, 0.1) is 12.2 Å². The monoisotopic (exact) mass is 364 g/mol. The lowest BCUT2D eigenvalue weighted by Crippen LogP contribution is -2.38. The summed E-state index contributed by atoms with van der Waals surface area (Å²) in [6, 6.07) is 6.67. The highest BCUT2D eigenvalue weighted by molar-refractivity contribution is 5.89. The Kier molecular flexibility index (Phi) is 7.87. The van der Waals surface area contributed by atoms with Crippen LogP contribution in [0.1, 0.15) is 30.6 Å². The molecule has 1 saturated heterocycles. The van der Waals surface area contributed by atoms with E-state index in [1.807, 2.05) is 4.90 Å². The van der Waals surface area contributed by atoms with Crippen LogP contribution in [0, 0.1) is 0 Å². The molecule has 1 heterocycles. The first-order valence-electron chi connectivity index (χ1n) is 9.05.